The summed E-state index contributed by atoms with van der Waals surface area (Å²) in [4.78, 5) is 13.2. The molecule has 1 N–H and O–H groups in total. The van der Waals surface area contributed by atoms with Crippen LogP contribution in [0.2, 0.25) is 0 Å². The normalized spacial score (nSPS) is 24.1. The molecule has 1 aliphatic heterocycles. The van der Waals surface area contributed by atoms with E-state index in [-0.39, 0.29) is 6.04 Å². The molecular weight excluding hydrogens is 190 g/mol. The van der Waals surface area contributed by atoms with Crippen molar-refractivity contribution in [2.24, 2.45) is 5.41 Å². The van der Waals surface area contributed by atoms with Crippen LogP contribution >= 0.6 is 0 Å². The molecule has 1 atom stereocenters. The Labute approximate surface area is 92.5 Å². The summed E-state index contributed by atoms with van der Waals surface area (Å²) in [7, 11) is 0. The summed E-state index contributed by atoms with van der Waals surface area (Å²) in [6.07, 6.45) is 4.09. The zero-order valence-electron chi connectivity index (χ0n) is 10.1. The Bertz CT molecular complexity index is 220. The van der Waals surface area contributed by atoms with Gasteiger partial charge in [-0.15, -0.1) is 0 Å². The number of aliphatic carboxylic acids is 1. The van der Waals surface area contributed by atoms with Crippen molar-refractivity contribution in [3.63, 3.8) is 0 Å². The monoisotopic (exact) mass is 213 g/mol. The van der Waals surface area contributed by atoms with Crippen molar-refractivity contribution >= 4 is 5.97 Å². The lowest BCUT2D eigenvalue weighted by atomic mass is 9.91. The van der Waals surface area contributed by atoms with Gasteiger partial charge in [0.15, 0.2) is 0 Å². The lowest BCUT2D eigenvalue weighted by Crippen LogP contribution is -2.45. The maximum absolute atomic E-state index is 11.0. The largest absolute Gasteiger partial charge is 0.480 e. The highest BCUT2D eigenvalue weighted by Gasteiger charge is 2.28. The molecule has 3 nitrogen and oxygen atoms in total. The van der Waals surface area contributed by atoms with E-state index in [9.17, 15) is 4.79 Å². The fourth-order valence-corrected chi connectivity index (χ4v) is 2.02. The average Bonchev–Trinajstić information content (AvgIpc) is 2.14. The van der Waals surface area contributed by atoms with Crippen LogP contribution in [0.5, 0.6) is 0 Å². The van der Waals surface area contributed by atoms with Crippen LogP contribution in [0.4, 0.5) is 0 Å². The van der Waals surface area contributed by atoms with Crippen LogP contribution in [0.15, 0.2) is 0 Å². The molecule has 0 aliphatic carbocycles. The third-order valence-electron chi connectivity index (χ3n) is 3.05. The minimum Gasteiger partial charge on any atom is -0.480 e. The van der Waals surface area contributed by atoms with E-state index < -0.39 is 5.97 Å². The number of carboxylic acid groups (broad SMARTS) is 1. The number of hydrogen-bond donors (Lipinski definition) is 1. The molecule has 0 aromatic heterocycles. The molecule has 0 aromatic rings. The second kappa shape index (κ2) is 4.97. The minimum absolute atomic E-state index is 0.235. The zero-order chi connectivity index (χ0) is 11.5. The molecule has 0 spiro atoms. The van der Waals surface area contributed by atoms with E-state index in [0.717, 1.165) is 38.8 Å². The lowest BCUT2D eigenvalue weighted by molar-refractivity contribution is -0.144. The Morgan fingerprint density at radius 2 is 2.07 bits per heavy atom. The van der Waals surface area contributed by atoms with Gasteiger partial charge in [0.1, 0.15) is 6.04 Å². The van der Waals surface area contributed by atoms with Crippen LogP contribution < -0.4 is 0 Å². The molecule has 3 heteroatoms. The third-order valence-corrected chi connectivity index (χ3v) is 3.05. The van der Waals surface area contributed by atoms with Crippen molar-refractivity contribution < 1.29 is 9.90 Å². The van der Waals surface area contributed by atoms with Crippen molar-refractivity contribution in [1.29, 1.82) is 0 Å². The quantitative estimate of drug-likeness (QED) is 0.782. The third kappa shape index (κ3) is 4.20. The van der Waals surface area contributed by atoms with Gasteiger partial charge in [0.2, 0.25) is 0 Å². The van der Waals surface area contributed by atoms with Crippen molar-refractivity contribution in [3.05, 3.63) is 0 Å². The van der Waals surface area contributed by atoms with E-state index in [1.54, 1.807) is 0 Å². The lowest BCUT2D eigenvalue weighted by Gasteiger charge is -2.34. The van der Waals surface area contributed by atoms with E-state index in [0.29, 0.717) is 5.41 Å². The molecule has 1 fully saturated rings. The van der Waals surface area contributed by atoms with Gasteiger partial charge in [-0.05, 0) is 37.8 Å². The predicted octanol–water partition coefficient (Wildman–Crippen LogP) is 2.36. The smallest absolute Gasteiger partial charge is 0.320 e. The number of likely N-dealkylation sites (tertiary alicyclic amines) is 1. The molecule has 1 heterocycles. The topological polar surface area (TPSA) is 40.5 Å². The highest BCUT2D eigenvalue weighted by atomic mass is 16.4. The maximum Gasteiger partial charge on any atom is 0.320 e. The fourth-order valence-electron chi connectivity index (χ4n) is 2.02. The second-order valence-corrected chi connectivity index (χ2v) is 5.70. The summed E-state index contributed by atoms with van der Waals surface area (Å²) in [5, 5.41) is 9.10. The molecule has 1 rings (SSSR count). The summed E-state index contributed by atoms with van der Waals surface area (Å²) >= 11 is 0. The number of hydrogen-bond acceptors (Lipinski definition) is 2. The Kier molecular flexibility index (Phi) is 4.14. The van der Waals surface area contributed by atoms with Gasteiger partial charge in [0.05, 0.1) is 0 Å². The van der Waals surface area contributed by atoms with Gasteiger partial charge in [0.25, 0.3) is 0 Å². The van der Waals surface area contributed by atoms with E-state index >= 15 is 0 Å². The number of carbonyl (C=O) groups is 1. The van der Waals surface area contributed by atoms with Crippen molar-refractivity contribution in [2.75, 3.05) is 13.1 Å². The minimum atomic E-state index is -0.649. The van der Waals surface area contributed by atoms with Gasteiger partial charge >= 0.3 is 5.97 Å². The number of rotatable bonds is 3. The van der Waals surface area contributed by atoms with Crippen LogP contribution in [0.3, 0.4) is 0 Å². The Morgan fingerprint density at radius 1 is 1.40 bits per heavy atom. The molecule has 0 aromatic carbocycles. The van der Waals surface area contributed by atoms with Crippen molar-refractivity contribution in [1.82, 2.24) is 4.90 Å². The molecule has 88 valence electrons. The van der Waals surface area contributed by atoms with E-state index in [1.165, 1.54) is 0 Å². The molecule has 0 bridgehead atoms. The number of carboxylic acids is 1. The van der Waals surface area contributed by atoms with Gasteiger partial charge in [-0.25, -0.2) is 0 Å². The van der Waals surface area contributed by atoms with Crippen LogP contribution in [-0.4, -0.2) is 35.1 Å². The highest BCUT2D eigenvalue weighted by molar-refractivity contribution is 5.73. The van der Waals surface area contributed by atoms with Crippen molar-refractivity contribution in [3.8, 4) is 0 Å². The van der Waals surface area contributed by atoms with Gasteiger partial charge in [-0.2, -0.15) is 0 Å². The zero-order valence-corrected chi connectivity index (χ0v) is 10.1. The molecule has 15 heavy (non-hydrogen) atoms. The molecule has 0 radical (unpaired) electrons. The first-order valence-electron chi connectivity index (χ1n) is 5.87. The van der Waals surface area contributed by atoms with Crippen molar-refractivity contribution in [2.45, 2.75) is 52.5 Å². The second-order valence-electron chi connectivity index (χ2n) is 5.70. The maximum atomic E-state index is 11.0. The SMILES string of the molecule is CC(C)(C)CCN1CCCC[C@@H]1C(=O)O. The Morgan fingerprint density at radius 3 is 2.60 bits per heavy atom. The molecule has 0 saturated carbocycles. The number of piperidine rings is 1. The van der Waals surface area contributed by atoms with Crippen LogP contribution in [0.1, 0.15) is 46.5 Å². The standard InChI is InChI=1S/C12H23NO2/c1-12(2,3)7-9-13-8-5-4-6-10(13)11(14)15/h10H,4-9H2,1-3H3,(H,14,15)/t10-/m1/s1. The summed E-state index contributed by atoms with van der Waals surface area (Å²) in [5.74, 6) is -0.649. The first kappa shape index (κ1) is 12.5. The number of nitrogens with zero attached hydrogens (tertiary/aromatic N) is 1. The summed E-state index contributed by atoms with van der Waals surface area (Å²) in [6, 6.07) is -0.235. The molecule has 1 aliphatic rings. The van der Waals surface area contributed by atoms with Gasteiger partial charge in [-0.3, -0.25) is 9.69 Å². The van der Waals surface area contributed by atoms with E-state index in [2.05, 4.69) is 25.7 Å². The fraction of sp³-hybridized carbons (Fsp3) is 0.917. The first-order chi connectivity index (χ1) is 6.90. The Hall–Kier alpha value is -0.570. The van der Waals surface area contributed by atoms with E-state index in [4.69, 9.17) is 5.11 Å². The summed E-state index contributed by atoms with van der Waals surface area (Å²) in [5.41, 5.74) is 0.292. The van der Waals surface area contributed by atoms with Crippen LogP contribution in [-0.2, 0) is 4.79 Å². The Balaban J connectivity index is 2.46. The molecule has 0 amide bonds. The van der Waals surface area contributed by atoms with Gasteiger partial charge in [0, 0.05) is 0 Å². The average molecular weight is 213 g/mol. The molecule has 1 saturated heterocycles. The molecular formula is C12H23NO2. The highest BCUT2D eigenvalue weighted by Crippen LogP contribution is 2.23. The van der Waals surface area contributed by atoms with Gasteiger partial charge in [-0.1, -0.05) is 27.2 Å². The predicted molar refractivity (Wildman–Crippen MR) is 60.9 cm³/mol. The van der Waals surface area contributed by atoms with Crippen LogP contribution in [0.25, 0.3) is 0 Å². The van der Waals surface area contributed by atoms with Gasteiger partial charge < -0.3 is 5.11 Å². The summed E-state index contributed by atoms with van der Waals surface area (Å²) in [6.45, 7) is 8.47. The molecule has 0 unspecified atom stereocenters. The summed E-state index contributed by atoms with van der Waals surface area (Å²) < 4.78 is 0. The first-order valence-corrected chi connectivity index (χ1v) is 5.87. The van der Waals surface area contributed by atoms with E-state index in [1.807, 2.05) is 0 Å². The van der Waals surface area contributed by atoms with Crippen LogP contribution in [0, 0.1) is 5.41 Å².